The zero-order valence-electron chi connectivity index (χ0n) is 20.9. The van der Waals surface area contributed by atoms with Crippen LogP contribution in [0.25, 0.3) is 5.65 Å². The van der Waals surface area contributed by atoms with Crippen molar-refractivity contribution in [3.63, 3.8) is 0 Å². The van der Waals surface area contributed by atoms with Crippen LogP contribution >= 0.6 is 0 Å². The Bertz CT molecular complexity index is 1580. The molecule has 3 aromatic heterocycles. The molecule has 15 heteroatoms. The van der Waals surface area contributed by atoms with Gasteiger partial charge in [-0.25, -0.2) is 14.1 Å². The van der Waals surface area contributed by atoms with E-state index in [-0.39, 0.29) is 17.9 Å². The molecule has 1 saturated heterocycles. The molecule has 0 bridgehead atoms. The van der Waals surface area contributed by atoms with Crippen LogP contribution in [0.15, 0.2) is 53.5 Å². The number of nitrogens with zero attached hydrogens (tertiary/aromatic N) is 6. The minimum atomic E-state index is -4.92. The van der Waals surface area contributed by atoms with Gasteiger partial charge in [-0.1, -0.05) is 12.1 Å². The van der Waals surface area contributed by atoms with Crippen molar-refractivity contribution in [3.8, 4) is 0 Å². The molecule has 1 fully saturated rings. The van der Waals surface area contributed by atoms with E-state index in [1.807, 2.05) is 4.90 Å². The lowest BCUT2D eigenvalue weighted by atomic mass is 9.72. The first-order valence-electron chi connectivity index (χ1n) is 12.1. The standard InChI is InChI=1S/C25H22F7N7O/c1-37-22(40)17(6-9-34-37)38-10-7-23(8-11-38,15-2-4-16(26)5-3-15)14-33-20-12-18(24(27,28)29)35-21-13-19(25(30,31)32)36-39(20)21/h2-6,9,12-13,33H,7-8,10-11,14H2,1H3. The second-order valence-electron chi connectivity index (χ2n) is 9.59. The van der Waals surface area contributed by atoms with Gasteiger partial charge in [-0.05, 0) is 36.6 Å². The molecule has 40 heavy (non-hydrogen) atoms. The third-order valence-electron chi connectivity index (χ3n) is 7.12. The summed E-state index contributed by atoms with van der Waals surface area (Å²) in [4.78, 5) is 17.8. The van der Waals surface area contributed by atoms with Gasteiger partial charge in [0, 0.05) is 50.4 Å². The van der Waals surface area contributed by atoms with E-state index in [4.69, 9.17) is 0 Å². The summed E-state index contributed by atoms with van der Waals surface area (Å²) in [5.74, 6) is -0.814. The van der Waals surface area contributed by atoms with Crippen molar-refractivity contribution in [2.75, 3.05) is 29.9 Å². The molecular weight excluding hydrogens is 547 g/mol. The summed E-state index contributed by atoms with van der Waals surface area (Å²) in [6, 6.07) is 8.30. The highest BCUT2D eigenvalue weighted by atomic mass is 19.4. The van der Waals surface area contributed by atoms with Crippen molar-refractivity contribution in [1.29, 1.82) is 0 Å². The Morgan fingerprint density at radius 1 is 0.950 bits per heavy atom. The molecule has 0 unspecified atom stereocenters. The first-order valence-corrected chi connectivity index (χ1v) is 12.1. The van der Waals surface area contributed by atoms with Gasteiger partial charge in [-0.2, -0.15) is 41.1 Å². The van der Waals surface area contributed by atoms with Crippen molar-refractivity contribution >= 4 is 17.2 Å². The highest BCUT2D eigenvalue weighted by Gasteiger charge is 2.39. The molecule has 212 valence electrons. The lowest BCUT2D eigenvalue weighted by Crippen LogP contribution is -2.48. The smallest absolute Gasteiger partial charge is 0.369 e. The molecule has 0 atom stereocenters. The molecule has 1 aromatic carbocycles. The number of piperidine rings is 1. The molecule has 0 aliphatic carbocycles. The Kier molecular flexibility index (Phi) is 6.70. The fourth-order valence-corrected chi connectivity index (χ4v) is 4.92. The van der Waals surface area contributed by atoms with Gasteiger partial charge in [-0.15, -0.1) is 0 Å². The zero-order chi connectivity index (χ0) is 28.9. The molecular formula is C25H22F7N7O. The van der Waals surface area contributed by atoms with Gasteiger partial charge >= 0.3 is 12.4 Å². The summed E-state index contributed by atoms with van der Waals surface area (Å²) in [5.41, 5.74) is -3.34. The number of aromatic nitrogens is 5. The summed E-state index contributed by atoms with van der Waals surface area (Å²) >= 11 is 0. The van der Waals surface area contributed by atoms with E-state index in [1.165, 1.54) is 30.1 Å². The fourth-order valence-electron chi connectivity index (χ4n) is 4.92. The minimum absolute atomic E-state index is 0.0154. The van der Waals surface area contributed by atoms with E-state index in [2.05, 4.69) is 20.5 Å². The van der Waals surface area contributed by atoms with E-state index < -0.39 is 40.6 Å². The van der Waals surface area contributed by atoms with Gasteiger partial charge in [0.15, 0.2) is 17.0 Å². The number of anilines is 2. The molecule has 0 spiro atoms. The van der Waals surface area contributed by atoms with E-state index in [9.17, 15) is 35.5 Å². The van der Waals surface area contributed by atoms with Crippen LogP contribution in [0.4, 0.5) is 42.2 Å². The van der Waals surface area contributed by atoms with Crippen LogP contribution in [0.2, 0.25) is 0 Å². The molecule has 0 saturated carbocycles. The quantitative estimate of drug-likeness (QED) is 0.353. The van der Waals surface area contributed by atoms with Gasteiger partial charge < -0.3 is 10.2 Å². The third-order valence-corrected chi connectivity index (χ3v) is 7.12. The lowest BCUT2D eigenvalue weighted by molar-refractivity contribution is -0.142. The van der Waals surface area contributed by atoms with Gasteiger partial charge in [0.25, 0.3) is 5.56 Å². The molecule has 5 rings (SSSR count). The normalized spacial score (nSPS) is 15.9. The highest BCUT2D eigenvalue weighted by Crippen LogP contribution is 2.38. The Labute approximate surface area is 222 Å². The maximum absolute atomic E-state index is 13.7. The van der Waals surface area contributed by atoms with Crippen LogP contribution in [0.3, 0.4) is 0 Å². The van der Waals surface area contributed by atoms with Crippen molar-refractivity contribution in [2.24, 2.45) is 7.05 Å². The predicted octanol–water partition coefficient (Wildman–Crippen LogP) is 4.65. The van der Waals surface area contributed by atoms with Crippen molar-refractivity contribution in [2.45, 2.75) is 30.6 Å². The van der Waals surface area contributed by atoms with Crippen molar-refractivity contribution < 1.29 is 30.7 Å². The second-order valence-corrected chi connectivity index (χ2v) is 9.59. The topological polar surface area (TPSA) is 80.3 Å². The minimum Gasteiger partial charge on any atom is -0.369 e. The van der Waals surface area contributed by atoms with Crippen molar-refractivity contribution in [3.05, 3.63) is 81.8 Å². The number of nitrogens with one attached hydrogen (secondary N) is 1. The fraction of sp³-hybridized carbons (Fsp3) is 0.360. The first-order chi connectivity index (χ1) is 18.8. The third kappa shape index (κ3) is 5.19. The molecule has 4 aromatic rings. The van der Waals surface area contributed by atoms with Crippen LogP contribution in [0, 0.1) is 5.82 Å². The lowest BCUT2D eigenvalue weighted by Gasteiger charge is -2.43. The Morgan fingerprint density at radius 3 is 2.23 bits per heavy atom. The maximum Gasteiger partial charge on any atom is 0.435 e. The molecule has 1 aliphatic heterocycles. The molecule has 1 N–H and O–H groups in total. The zero-order valence-corrected chi connectivity index (χ0v) is 20.9. The molecule has 0 amide bonds. The summed E-state index contributed by atoms with van der Waals surface area (Å²) in [6.07, 6.45) is -7.53. The average Bonchev–Trinajstić information content (AvgIpc) is 3.35. The summed E-state index contributed by atoms with van der Waals surface area (Å²) in [7, 11) is 1.52. The SMILES string of the molecule is Cn1nccc(N2CCC(CNc3cc(C(F)(F)F)nc4cc(C(F)(F)F)nn34)(c3ccc(F)cc3)CC2)c1=O. The number of rotatable bonds is 5. The average molecular weight is 569 g/mol. The number of fused-ring (bicyclic) bond motifs is 1. The number of alkyl halides is 6. The van der Waals surface area contributed by atoms with Gasteiger partial charge in [0.1, 0.15) is 17.3 Å². The first kappa shape index (κ1) is 27.4. The number of aryl methyl sites for hydroxylation is 1. The number of halogens is 7. The second kappa shape index (κ2) is 9.78. The number of benzene rings is 1. The maximum atomic E-state index is 13.7. The summed E-state index contributed by atoms with van der Waals surface area (Å²) < 4.78 is 96.2. The van der Waals surface area contributed by atoms with Crippen LogP contribution in [0.5, 0.6) is 0 Å². The Balaban J connectivity index is 1.50. The largest absolute Gasteiger partial charge is 0.435 e. The van der Waals surface area contributed by atoms with Crippen LogP contribution < -0.4 is 15.8 Å². The monoisotopic (exact) mass is 569 g/mol. The highest BCUT2D eigenvalue weighted by molar-refractivity contribution is 5.52. The van der Waals surface area contributed by atoms with Crippen LogP contribution in [0.1, 0.15) is 29.8 Å². The van der Waals surface area contributed by atoms with Gasteiger partial charge in [-0.3, -0.25) is 4.79 Å². The molecule has 8 nitrogen and oxygen atoms in total. The predicted molar refractivity (Wildman–Crippen MR) is 130 cm³/mol. The summed E-state index contributed by atoms with van der Waals surface area (Å²) in [6.45, 7) is 0.730. The molecule has 0 radical (unpaired) electrons. The van der Waals surface area contributed by atoms with E-state index in [0.717, 1.165) is 0 Å². The van der Waals surface area contributed by atoms with E-state index >= 15 is 0 Å². The van der Waals surface area contributed by atoms with Gasteiger partial charge in [0.05, 0.1) is 0 Å². The van der Waals surface area contributed by atoms with E-state index in [0.29, 0.717) is 53.8 Å². The van der Waals surface area contributed by atoms with E-state index in [1.54, 1.807) is 18.2 Å². The van der Waals surface area contributed by atoms with Crippen molar-refractivity contribution in [1.82, 2.24) is 24.4 Å². The molecule has 4 heterocycles. The number of hydrogen-bond donors (Lipinski definition) is 1. The van der Waals surface area contributed by atoms with Crippen LogP contribution in [-0.2, 0) is 24.8 Å². The van der Waals surface area contributed by atoms with Crippen LogP contribution in [-0.4, -0.2) is 44.0 Å². The van der Waals surface area contributed by atoms with Gasteiger partial charge in [0.2, 0.25) is 0 Å². The summed E-state index contributed by atoms with van der Waals surface area (Å²) in [5, 5.41) is 10.2. The number of hydrogen-bond acceptors (Lipinski definition) is 6. The Hall–Kier alpha value is -4.17. The molecule has 1 aliphatic rings. The Morgan fingerprint density at radius 2 is 1.60 bits per heavy atom.